The van der Waals surface area contributed by atoms with Gasteiger partial charge in [-0.3, -0.25) is 4.79 Å². The largest absolute Gasteiger partial charge is 0.480 e. The Morgan fingerprint density at radius 1 is 1.67 bits per heavy atom. The SMILES string of the molecule is CC(NCCCC1CC1)C(=O)O. The smallest absolute Gasteiger partial charge is 0.320 e. The van der Waals surface area contributed by atoms with E-state index in [1.807, 2.05) is 0 Å². The molecule has 0 bridgehead atoms. The Morgan fingerprint density at radius 3 is 2.83 bits per heavy atom. The van der Waals surface area contributed by atoms with Gasteiger partial charge in [0.2, 0.25) is 0 Å². The molecule has 1 aliphatic carbocycles. The number of nitrogens with one attached hydrogen (secondary N) is 1. The van der Waals surface area contributed by atoms with Gasteiger partial charge in [0, 0.05) is 0 Å². The summed E-state index contributed by atoms with van der Waals surface area (Å²) in [5.41, 5.74) is 0. The average molecular weight is 171 g/mol. The number of carboxylic acid groups (broad SMARTS) is 1. The number of aliphatic carboxylic acids is 1. The van der Waals surface area contributed by atoms with Crippen molar-refractivity contribution in [1.82, 2.24) is 5.32 Å². The van der Waals surface area contributed by atoms with Crippen molar-refractivity contribution in [3.8, 4) is 0 Å². The van der Waals surface area contributed by atoms with Crippen molar-refractivity contribution < 1.29 is 9.90 Å². The topological polar surface area (TPSA) is 49.3 Å². The van der Waals surface area contributed by atoms with Crippen LogP contribution in [-0.2, 0) is 4.79 Å². The third-order valence-electron chi connectivity index (χ3n) is 2.31. The van der Waals surface area contributed by atoms with Crippen molar-refractivity contribution in [2.75, 3.05) is 6.54 Å². The molecule has 1 unspecified atom stereocenters. The van der Waals surface area contributed by atoms with Crippen LogP contribution >= 0.6 is 0 Å². The lowest BCUT2D eigenvalue weighted by molar-refractivity contribution is -0.138. The van der Waals surface area contributed by atoms with E-state index in [9.17, 15) is 4.79 Å². The average Bonchev–Trinajstić information content (AvgIpc) is 2.80. The molecular weight excluding hydrogens is 154 g/mol. The van der Waals surface area contributed by atoms with E-state index in [1.165, 1.54) is 19.3 Å². The Hall–Kier alpha value is -0.570. The summed E-state index contributed by atoms with van der Waals surface area (Å²) < 4.78 is 0. The van der Waals surface area contributed by atoms with Gasteiger partial charge in [0.05, 0.1) is 0 Å². The molecule has 3 heteroatoms. The normalized spacial score (nSPS) is 19.1. The van der Waals surface area contributed by atoms with Crippen LogP contribution in [0.3, 0.4) is 0 Å². The fraction of sp³-hybridized carbons (Fsp3) is 0.889. The molecule has 0 heterocycles. The van der Waals surface area contributed by atoms with Gasteiger partial charge in [0.25, 0.3) is 0 Å². The lowest BCUT2D eigenvalue weighted by Crippen LogP contribution is -2.34. The minimum atomic E-state index is -0.763. The Balaban J connectivity index is 1.89. The molecule has 70 valence electrons. The van der Waals surface area contributed by atoms with Crippen LogP contribution in [0.2, 0.25) is 0 Å². The van der Waals surface area contributed by atoms with E-state index >= 15 is 0 Å². The molecule has 0 amide bonds. The van der Waals surface area contributed by atoms with Crippen LogP contribution in [0.5, 0.6) is 0 Å². The van der Waals surface area contributed by atoms with Gasteiger partial charge in [-0.15, -0.1) is 0 Å². The van der Waals surface area contributed by atoms with Crippen LogP contribution in [0.4, 0.5) is 0 Å². The zero-order chi connectivity index (χ0) is 8.97. The summed E-state index contributed by atoms with van der Waals surface area (Å²) in [6, 6.07) is -0.399. The molecule has 1 rings (SSSR count). The van der Waals surface area contributed by atoms with Crippen molar-refractivity contribution in [2.45, 2.75) is 38.6 Å². The number of carbonyl (C=O) groups is 1. The maximum Gasteiger partial charge on any atom is 0.320 e. The van der Waals surface area contributed by atoms with E-state index in [2.05, 4.69) is 5.32 Å². The molecule has 1 atom stereocenters. The Morgan fingerprint density at radius 2 is 2.33 bits per heavy atom. The van der Waals surface area contributed by atoms with Crippen LogP contribution in [0, 0.1) is 5.92 Å². The van der Waals surface area contributed by atoms with Crippen molar-refractivity contribution in [1.29, 1.82) is 0 Å². The van der Waals surface area contributed by atoms with E-state index < -0.39 is 12.0 Å². The Bertz CT molecular complexity index is 155. The number of hydrogen-bond acceptors (Lipinski definition) is 2. The van der Waals surface area contributed by atoms with Gasteiger partial charge in [-0.05, 0) is 32.2 Å². The van der Waals surface area contributed by atoms with Gasteiger partial charge in [-0.25, -0.2) is 0 Å². The lowest BCUT2D eigenvalue weighted by Gasteiger charge is -2.07. The monoisotopic (exact) mass is 171 g/mol. The molecule has 0 aromatic carbocycles. The summed E-state index contributed by atoms with van der Waals surface area (Å²) in [4.78, 5) is 10.4. The fourth-order valence-electron chi connectivity index (χ4n) is 1.20. The maximum atomic E-state index is 10.4. The summed E-state index contributed by atoms with van der Waals surface area (Å²) >= 11 is 0. The highest BCUT2D eigenvalue weighted by atomic mass is 16.4. The minimum absolute atomic E-state index is 0.399. The van der Waals surface area contributed by atoms with Crippen molar-refractivity contribution in [3.63, 3.8) is 0 Å². The molecule has 0 spiro atoms. The van der Waals surface area contributed by atoms with Crippen LogP contribution in [-0.4, -0.2) is 23.7 Å². The molecular formula is C9H17NO2. The second-order valence-electron chi connectivity index (χ2n) is 3.60. The van der Waals surface area contributed by atoms with Crippen LogP contribution in [0.15, 0.2) is 0 Å². The van der Waals surface area contributed by atoms with Crippen LogP contribution in [0.25, 0.3) is 0 Å². The van der Waals surface area contributed by atoms with Gasteiger partial charge in [0.1, 0.15) is 6.04 Å². The molecule has 0 radical (unpaired) electrons. The Labute approximate surface area is 73.2 Å². The third-order valence-corrected chi connectivity index (χ3v) is 2.31. The zero-order valence-corrected chi connectivity index (χ0v) is 7.55. The van der Waals surface area contributed by atoms with Crippen molar-refractivity contribution in [3.05, 3.63) is 0 Å². The molecule has 3 nitrogen and oxygen atoms in total. The maximum absolute atomic E-state index is 10.4. The number of carboxylic acids is 1. The van der Waals surface area contributed by atoms with Gasteiger partial charge in [-0.1, -0.05) is 12.8 Å². The summed E-state index contributed by atoms with van der Waals surface area (Å²) in [6.07, 6.45) is 5.14. The molecule has 1 aliphatic rings. The van der Waals surface area contributed by atoms with Crippen molar-refractivity contribution in [2.24, 2.45) is 5.92 Å². The molecule has 1 saturated carbocycles. The second-order valence-corrected chi connectivity index (χ2v) is 3.60. The zero-order valence-electron chi connectivity index (χ0n) is 7.55. The number of rotatable bonds is 6. The Kier molecular flexibility index (Phi) is 3.53. The van der Waals surface area contributed by atoms with Crippen molar-refractivity contribution >= 4 is 5.97 Å². The second kappa shape index (κ2) is 4.45. The predicted octanol–water partition coefficient (Wildman–Crippen LogP) is 1.24. The summed E-state index contributed by atoms with van der Waals surface area (Å²) in [5.74, 6) is 0.188. The quantitative estimate of drug-likeness (QED) is 0.591. The fourth-order valence-corrected chi connectivity index (χ4v) is 1.20. The molecule has 0 aromatic rings. The third kappa shape index (κ3) is 3.72. The standard InChI is InChI=1S/C9H17NO2/c1-7(9(11)12)10-6-2-3-8-4-5-8/h7-8,10H,2-6H2,1H3,(H,11,12). The van der Waals surface area contributed by atoms with Gasteiger partial charge in [-0.2, -0.15) is 0 Å². The molecule has 1 fully saturated rings. The first-order valence-corrected chi connectivity index (χ1v) is 4.66. The highest BCUT2D eigenvalue weighted by molar-refractivity contribution is 5.72. The molecule has 0 aromatic heterocycles. The van der Waals surface area contributed by atoms with Gasteiger partial charge in [0.15, 0.2) is 0 Å². The molecule has 2 N–H and O–H groups in total. The predicted molar refractivity (Wildman–Crippen MR) is 47.1 cm³/mol. The molecule has 0 aliphatic heterocycles. The summed E-state index contributed by atoms with van der Waals surface area (Å²) in [5, 5.41) is 11.5. The molecule has 0 saturated heterocycles. The van der Waals surface area contributed by atoms with E-state index in [0.717, 1.165) is 18.9 Å². The first kappa shape index (κ1) is 9.52. The lowest BCUT2D eigenvalue weighted by atomic mass is 10.2. The first-order chi connectivity index (χ1) is 5.70. The van der Waals surface area contributed by atoms with E-state index in [4.69, 9.17) is 5.11 Å². The summed E-state index contributed by atoms with van der Waals surface area (Å²) in [7, 11) is 0. The summed E-state index contributed by atoms with van der Waals surface area (Å²) in [6.45, 7) is 2.52. The van der Waals surface area contributed by atoms with Crippen LogP contribution in [0.1, 0.15) is 32.6 Å². The highest BCUT2D eigenvalue weighted by Gasteiger charge is 2.20. The van der Waals surface area contributed by atoms with Crippen LogP contribution < -0.4 is 5.32 Å². The molecule has 12 heavy (non-hydrogen) atoms. The highest BCUT2D eigenvalue weighted by Crippen LogP contribution is 2.33. The minimum Gasteiger partial charge on any atom is -0.480 e. The van der Waals surface area contributed by atoms with E-state index in [-0.39, 0.29) is 0 Å². The van der Waals surface area contributed by atoms with Gasteiger partial charge < -0.3 is 10.4 Å². The van der Waals surface area contributed by atoms with Gasteiger partial charge >= 0.3 is 5.97 Å². The number of hydrogen-bond donors (Lipinski definition) is 2. The first-order valence-electron chi connectivity index (χ1n) is 4.66. The van der Waals surface area contributed by atoms with E-state index in [1.54, 1.807) is 6.92 Å². The van der Waals surface area contributed by atoms with E-state index in [0.29, 0.717) is 0 Å².